The molecule has 0 aromatic heterocycles. The van der Waals surface area contributed by atoms with E-state index in [1.807, 2.05) is 38.1 Å². The van der Waals surface area contributed by atoms with Crippen LogP contribution in [0.5, 0.6) is 17.2 Å². The summed E-state index contributed by atoms with van der Waals surface area (Å²) in [5.74, 6) is 2.06. The molecule has 142 valence electrons. The van der Waals surface area contributed by atoms with Crippen LogP contribution < -0.4 is 19.5 Å². The Morgan fingerprint density at radius 2 is 1.81 bits per heavy atom. The second-order valence-corrected chi connectivity index (χ2v) is 7.60. The first-order chi connectivity index (χ1) is 13.0. The maximum atomic E-state index is 12.4. The Balaban J connectivity index is 1.38. The molecule has 4 rings (SSSR count). The fourth-order valence-electron chi connectivity index (χ4n) is 3.68. The van der Waals surface area contributed by atoms with Crippen molar-refractivity contribution >= 4 is 5.91 Å². The summed E-state index contributed by atoms with van der Waals surface area (Å²) in [5, 5.41) is 3.04. The van der Waals surface area contributed by atoms with Crippen molar-refractivity contribution in [2.75, 3.05) is 19.8 Å². The molecular weight excluding hydrogens is 342 g/mol. The molecule has 0 atom stereocenters. The first kappa shape index (κ1) is 17.7. The van der Waals surface area contributed by atoms with Crippen LogP contribution in [-0.2, 0) is 23.2 Å². The van der Waals surface area contributed by atoms with Gasteiger partial charge in [-0.05, 0) is 74.1 Å². The monoisotopic (exact) mass is 367 g/mol. The molecule has 0 spiro atoms. The molecule has 5 nitrogen and oxygen atoms in total. The molecule has 1 aliphatic heterocycles. The Morgan fingerprint density at radius 1 is 1.04 bits per heavy atom. The number of fused-ring (bicyclic) bond motifs is 2. The van der Waals surface area contributed by atoms with Crippen LogP contribution in [-0.4, -0.2) is 25.7 Å². The summed E-state index contributed by atoms with van der Waals surface area (Å²) in [5.41, 5.74) is 3.14. The molecule has 0 saturated heterocycles. The topological polar surface area (TPSA) is 56.8 Å². The second kappa shape index (κ2) is 7.14. The molecule has 5 heteroatoms. The van der Waals surface area contributed by atoms with Gasteiger partial charge in [0.25, 0.3) is 5.91 Å². The molecular formula is C22H25NO4. The van der Waals surface area contributed by atoms with Crippen molar-refractivity contribution in [2.24, 2.45) is 0 Å². The van der Waals surface area contributed by atoms with Crippen molar-refractivity contribution in [1.29, 1.82) is 0 Å². The summed E-state index contributed by atoms with van der Waals surface area (Å²) in [6.45, 7) is 5.02. The summed E-state index contributed by atoms with van der Waals surface area (Å²) in [6, 6.07) is 11.9. The Hall–Kier alpha value is -2.69. The quantitative estimate of drug-likeness (QED) is 0.880. The second-order valence-electron chi connectivity index (χ2n) is 7.60. The van der Waals surface area contributed by atoms with Gasteiger partial charge in [-0.1, -0.05) is 12.1 Å². The number of amides is 1. The summed E-state index contributed by atoms with van der Waals surface area (Å²) in [6.07, 6.45) is 3.43. The third kappa shape index (κ3) is 3.87. The van der Waals surface area contributed by atoms with Gasteiger partial charge in [0.2, 0.25) is 0 Å². The number of ether oxygens (including phenoxy) is 3. The minimum absolute atomic E-state index is 0.00717. The highest BCUT2D eigenvalue weighted by Gasteiger charge is 2.25. The van der Waals surface area contributed by atoms with E-state index in [4.69, 9.17) is 14.2 Å². The van der Waals surface area contributed by atoms with Gasteiger partial charge in [0, 0.05) is 0 Å². The Morgan fingerprint density at radius 3 is 2.67 bits per heavy atom. The van der Waals surface area contributed by atoms with E-state index in [0.29, 0.717) is 13.2 Å². The lowest BCUT2D eigenvalue weighted by Gasteiger charge is -2.28. The average molecular weight is 367 g/mol. The number of carbonyl (C=O) groups excluding carboxylic acids is 1. The number of carbonyl (C=O) groups is 1. The van der Waals surface area contributed by atoms with Crippen LogP contribution in [0.15, 0.2) is 36.4 Å². The molecule has 2 aliphatic rings. The van der Waals surface area contributed by atoms with Gasteiger partial charge < -0.3 is 19.5 Å². The minimum atomic E-state index is -0.547. The molecule has 27 heavy (non-hydrogen) atoms. The molecule has 2 aromatic rings. The van der Waals surface area contributed by atoms with Gasteiger partial charge in [0.1, 0.15) is 19.0 Å². The SMILES string of the molecule is CC(C)(NC(=O)COc1ccc2c(c1)CCC2)c1ccc2c(c1)OCCO2. The van der Waals surface area contributed by atoms with Crippen molar-refractivity contribution < 1.29 is 19.0 Å². The van der Waals surface area contributed by atoms with Gasteiger partial charge in [-0.3, -0.25) is 4.79 Å². The number of rotatable bonds is 5. The molecule has 0 radical (unpaired) electrons. The normalized spacial score (nSPS) is 15.2. The van der Waals surface area contributed by atoms with Crippen molar-refractivity contribution in [3.8, 4) is 17.2 Å². The smallest absolute Gasteiger partial charge is 0.258 e. The zero-order valence-corrected chi connectivity index (χ0v) is 15.8. The molecule has 2 aromatic carbocycles. The molecule has 1 heterocycles. The largest absolute Gasteiger partial charge is 0.486 e. The molecule has 1 amide bonds. The molecule has 1 N–H and O–H groups in total. The van der Waals surface area contributed by atoms with E-state index in [1.54, 1.807) is 0 Å². The minimum Gasteiger partial charge on any atom is -0.486 e. The standard InChI is InChI=1S/C22H25NO4/c1-22(2,17-7-9-19-20(13-17)26-11-10-25-19)23-21(24)14-27-18-8-6-15-4-3-5-16(15)12-18/h6-9,12-13H,3-5,10-11,14H2,1-2H3,(H,23,24). The zero-order chi connectivity index (χ0) is 18.9. The van der Waals surface area contributed by atoms with Crippen LogP contribution >= 0.6 is 0 Å². The fourth-order valence-corrected chi connectivity index (χ4v) is 3.68. The van der Waals surface area contributed by atoms with E-state index in [-0.39, 0.29) is 12.5 Å². The van der Waals surface area contributed by atoms with E-state index in [2.05, 4.69) is 17.4 Å². The van der Waals surface area contributed by atoms with Crippen molar-refractivity contribution in [2.45, 2.75) is 38.6 Å². The lowest BCUT2D eigenvalue weighted by molar-refractivity contribution is -0.124. The molecule has 0 fully saturated rings. The number of nitrogens with one attached hydrogen (secondary N) is 1. The average Bonchev–Trinajstić information content (AvgIpc) is 3.13. The van der Waals surface area contributed by atoms with E-state index >= 15 is 0 Å². The maximum absolute atomic E-state index is 12.4. The van der Waals surface area contributed by atoms with Crippen LogP contribution in [0.25, 0.3) is 0 Å². The maximum Gasteiger partial charge on any atom is 0.258 e. The van der Waals surface area contributed by atoms with Crippen molar-refractivity contribution in [3.05, 3.63) is 53.1 Å². The van der Waals surface area contributed by atoms with Crippen molar-refractivity contribution in [1.82, 2.24) is 5.32 Å². The lowest BCUT2D eigenvalue weighted by atomic mass is 9.93. The predicted octanol–water partition coefficient (Wildman–Crippen LogP) is 3.38. The van der Waals surface area contributed by atoms with Crippen LogP contribution in [0.1, 0.15) is 37.0 Å². The lowest BCUT2D eigenvalue weighted by Crippen LogP contribution is -2.43. The summed E-state index contributed by atoms with van der Waals surface area (Å²) >= 11 is 0. The van der Waals surface area contributed by atoms with E-state index in [1.165, 1.54) is 17.5 Å². The van der Waals surface area contributed by atoms with Gasteiger partial charge in [0.15, 0.2) is 18.1 Å². The number of hydrogen-bond acceptors (Lipinski definition) is 4. The van der Waals surface area contributed by atoms with Gasteiger partial charge in [-0.25, -0.2) is 0 Å². The van der Waals surface area contributed by atoms with Crippen molar-refractivity contribution in [3.63, 3.8) is 0 Å². The highest BCUT2D eigenvalue weighted by Crippen LogP contribution is 2.34. The molecule has 1 aliphatic carbocycles. The van der Waals surface area contributed by atoms with Crippen LogP contribution in [0, 0.1) is 0 Å². The Kier molecular flexibility index (Phi) is 4.68. The predicted molar refractivity (Wildman–Crippen MR) is 103 cm³/mol. The van der Waals surface area contributed by atoms with Crippen LogP contribution in [0.4, 0.5) is 0 Å². The van der Waals surface area contributed by atoms with E-state index < -0.39 is 5.54 Å². The number of aryl methyl sites for hydroxylation is 2. The summed E-state index contributed by atoms with van der Waals surface area (Å²) < 4.78 is 16.9. The van der Waals surface area contributed by atoms with Crippen LogP contribution in [0.2, 0.25) is 0 Å². The third-order valence-electron chi connectivity index (χ3n) is 5.16. The van der Waals surface area contributed by atoms with Gasteiger partial charge in [-0.2, -0.15) is 0 Å². The first-order valence-electron chi connectivity index (χ1n) is 9.47. The first-order valence-corrected chi connectivity index (χ1v) is 9.47. The summed E-state index contributed by atoms with van der Waals surface area (Å²) in [7, 11) is 0. The number of hydrogen-bond donors (Lipinski definition) is 1. The number of benzene rings is 2. The zero-order valence-electron chi connectivity index (χ0n) is 15.8. The fraction of sp³-hybridized carbons (Fsp3) is 0.409. The molecule has 0 bridgehead atoms. The molecule has 0 saturated carbocycles. The van der Waals surface area contributed by atoms with E-state index in [0.717, 1.165) is 35.7 Å². The summed E-state index contributed by atoms with van der Waals surface area (Å²) in [4.78, 5) is 12.4. The molecule has 0 unspecified atom stereocenters. The Bertz CT molecular complexity index is 859. The van der Waals surface area contributed by atoms with E-state index in [9.17, 15) is 4.79 Å². The van der Waals surface area contributed by atoms with Gasteiger partial charge in [-0.15, -0.1) is 0 Å². The highest BCUT2D eigenvalue weighted by atomic mass is 16.6. The van der Waals surface area contributed by atoms with Gasteiger partial charge >= 0.3 is 0 Å². The third-order valence-corrected chi connectivity index (χ3v) is 5.16. The van der Waals surface area contributed by atoms with Gasteiger partial charge in [0.05, 0.1) is 5.54 Å². The Labute approximate surface area is 159 Å². The van der Waals surface area contributed by atoms with Crippen LogP contribution in [0.3, 0.4) is 0 Å². The highest BCUT2D eigenvalue weighted by molar-refractivity contribution is 5.78.